The first-order valence-corrected chi connectivity index (χ1v) is 9.92. The van der Waals surface area contributed by atoms with Gasteiger partial charge in [-0.2, -0.15) is 5.10 Å². The molecule has 29 heavy (non-hydrogen) atoms. The molecule has 0 saturated carbocycles. The summed E-state index contributed by atoms with van der Waals surface area (Å²) in [7, 11) is 1.64. The van der Waals surface area contributed by atoms with Gasteiger partial charge in [0, 0.05) is 22.7 Å². The highest BCUT2D eigenvalue weighted by Crippen LogP contribution is 2.26. The minimum absolute atomic E-state index is 0.151. The molecule has 7 heteroatoms. The second kappa shape index (κ2) is 8.70. The summed E-state index contributed by atoms with van der Waals surface area (Å²) in [4.78, 5) is 16.7. The van der Waals surface area contributed by atoms with Crippen molar-refractivity contribution in [2.75, 3.05) is 7.11 Å². The number of aromatic nitrogens is 3. The van der Waals surface area contributed by atoms with E-state index in [0.717, 1.165) is 33.3 Å². The van der Waals surface area contributed by atoms with Crippen LogP contribution in [-0.4, -0.2) is 27.8 Å². The Bertz CT molecular complexity index is 1090. The fourth-order valence-electron chi connectivity index (χ4n) is 2.78. The van der Waals surface area contributed by atoms with Crippen LogP contribution >= 0.6 is 11.3 Å². The number of benzene rings is 2. The molecule has 0 atom stereocenters. The van der Waals surface area contributed by atoms with Crippen LogP contribution in [0.2, 0.25) is 0 Å². The van der Waals surface area contributed by atoms with E-state index in [1.54, 1.807) is 18.0 Å². The van der Waals surface area contributed by atoms with Crippen LogP contribution in [-0.2, 0) is 22.6 Å². The van der Waals surface area contributed by atoms with E-state index in [1.165, 1.54) is 11.3 Å². The van der Waals surface area contributed by atoms with Crippen molar-refractivity contribution in [1.82, 2.24) is 14.8 Å². The summed E-state index contributed by atoms with van der Waals surface area (Å²) in [6.45, 7) is 0.151. The van der Waals surface area contributed by atoms with Crippen molar-refractivity contribution in [1.29, 1.82) is 0 Å². The zero-order valence-corrected chi connectivity index (χ0v) is 16.6. The van der Waals surface area contributed by atoms with Crippen LogP contribution in [0.1, 0.15) is 11.3 Å². The lowest BCUT2D eigenvalue weighted by Crippen LogP contribution is -2.07. The van der Waals surface area contributed by atoms with Gasteiger partial charge in [-0.05, 0) is 36.4 Å². The third-order valence-corrected chi connectivity index (χ3v) is 5.22. The highest BCUT2D eigenvalue weighted by Gasteiger charge is 2.11. The number of carbonyl (C=O) groups is 1. The average Bonchev–Trinajstić information content (AvgIpc) is 3.43. The molecule has 2 aromatic carbocycles. The first kappa shape index (κ1) is 18.9. The standard InChI is InChI=1S/C22H19N3O3S/c1-27-20-9-7-17(8-10-20)22-24-18(15-29-22)14-28-21(26)11-16-12-23-25(13-16)19-5-3-2-4-6-19/h2-10,12-13,15H,11,14H2,1H3. The SMILES string of the molecule is COc1ccc(-c2nc(COC(=O)Cc3cnn(-c4ccccc4)c3)cs2)cc1. The van der Waals surface area contributed by atoms with Gasteiger partial charge in [0.1, 0.15) is 17.4 Å². The molecule has 0 radical (unpaired) electrons. The zero-order valence-electron chi connectivity index (χ0n) is 15.8. The molecule has 4 aromatic rings. The van der Waals surface area contributed by atoms with Gasteiger partial charge in [-0.15, -0.1) is 11.3 Å². The fraction of sp³-hybridized carbons (Fsp3) is 0.136. The second-order valence-corrected chi connectivity index (χ2v) is 7.20. The average molecular weight is 405 g/mol. The Morgan fingerprint density at radius 3 is 2.66 bits per heavy atom. The minimum atomic E-state index is -0.309. The van der Waals surface area contributed by atoms with E-state index in [2.05, 4.69) is 10.1 Å². The van der Waals surface area contributed by atoms with Crippen molar-refractivity contribution in [2.24, 2.45) is 0 Å². The third-order valence-electron chi connectivity index (χ3n) is 4.28. The molecule has 6 nitrogen and oxygen atoms in total. The van der Waals surface area contributed by atoms with Gasteiger partial charge < -0.3 is 9.47 Å². The lowest BCUT2D eigenvalue weighted by atomic mass is 10.2. The van der Waals surface area contributed by atoms with E-state index in [1.807, 2.05) is 66.2 Å². The highest BCUT2D eigenvalue weighted by atomic mass is 32.1. The lowest BCUT2D eigenvalue weighted by molar-refractivity contribution is -0.144. The number of rotatable bonds is 7. The number of carbonyl (C=O) groups excluding carboxylic acids is 1. The van der Waals surface area contributed by atoms with Gasteiger partial charge in [0.25, 0.3) is 0 Å². The summed E-state index contributed by atoms with van der Waals surface area (Å²) in [5.74, 6) is 0.492. The molecular formula is C22H19N3O3S. The van der Waals surface area contributed by atoms with Crippen LogP contribution < -0.4 is 4.74 Å². The molecule has 0 fully saturated rings. The molecular weight excluding hydrogens is 386 g/mol. The Morgan fingerprint density at radius 1 is 1.10 bits per heavy atom. The van der Waals surface area contributed by atoms with E-state index in [4.69, 9.17) is 9.47 Å². The van der Waals surface area contributed by atoms with E-state index < -0.39 is 0 Å². The molecule has 0 aliphatic rings. The molecule has 146 valence electrons. The summed E-state index contributed by atoms with van der Waals surface area (Å²) >= 11 is 1.52. The van der Waals surface area contributed by atoms with Crippen molar-refractivity contribution in [3.8, 4) is 22.0 Å². The quantitative estimate of drug-likeness (QED) is 0.429. The first-order valence-electron chi connectivity index (χ1n) is 9.05. The number of methoxy groups -OCH3 is 1. The maximum atomic E-state index is 12.2. The summed E-state index contributed by atoms with van der Waals surface area (Å²) in [5, 5.41) is 7.08. The summed E-state index contributed by atoms with van der Waals surface area (Å²) in [5.41, 5.74) is 3.48. The highest BCUT2D eigenvalue weighted by molar-refractivity contribution is 7.13. The van der Waals surface area contributed by atoms with Gasteiger partial charge in [-0.25, -0.2) is 9.67 Å². The predicted molar refractivity (Wildman–Crippen MR) is 111 cm³/mol. The van der Waals surface area contributed by atoms with Crippen molar-refractivity contribution in [2.45, 2.75) is 13.0 Å². The molecule has 0 spiro atoms. The Labute approximate surface area is 172 Å². The zero-order chi connectivity index (χ0) is 20.1. The van der Waals surface area contributed by atoms with Crippen LogP contribution in [0.15, 0.2) is 72.4 Å². The smallest absolute Gasteiger partial charge is 0.310 e. The maximum Gasteiger partial charge on any atom is 0.310 e. The van der Waals surface area contributed by atoms with Gasteiger partial charge in [-0.3, -0.25) is 4.79 Å². The van der Waals surface area contributed by atoms with Crippen molar-refractivity contribution in [3.63, 3.8) is 0 Å². The molecule has 0 amide bonds. The van der Waals surface area contributed by atoms with Gasteiger partial charge in [0.05, 0.1) is 31.1 Å². The Balaban J connectivity index is 1.32. The molecule has 0 aliphatic heterocycles. The van der Waals surface area contributed by atoms with E-state index in [0.29, 0.717) is 0 Å². The van der Waals surface area contributed by atoms with Crippen LogP contribution in [0, 0.1) is 0 Å². The molecule has 2 heterocycles. The van der Waals surface area contributed by atoms with Gasteiger partial charge in [-0.1, -0.05) is 18.2 Å². The number of thiazole rings is 1. The van der Waals surface area contributed by atoms with E-state index in [-0.39, 0.29) is 19.0 Å². The molecule has 0 N–H and O–H groups in total. The van der Waals surface area contributed by atoms with Gasteiger partial charge in [0.15, 0.2) is 0 Å². The van der Waals surface area contributed by atoms with Crippen LogP contribution in [0.5, 0.6) is 5.75 Å². The topological polar surface area (TPSA) is 66.2 Å². The number of hydrogen-bond acceptors (Lipinski definition) is 6. The Kier molecular flexibility index (Phi) is 5.67. The monoisotopic (exact) mass is 405 g/mol. The second-order valence-electron chi connectivity index (χ2n) is 6.34. The summed E-state index contributed by atoms with van der Waals surface area (Å²) in [6, 6.07) is 17.4. The summed E-state index contributed by atoms with van der Waals surface area (Å²) in [6.07, 6.45) is 3.68. The maximum absolute atomic E-state index is 12.2. The largest absolute Gasteiger partial charge is 0.497 e. The van der Waals surface area contributed by atoms with Gasteiger partial charge in [0.2, 0.25) is 0 Å². The van der Waals surface area contributed by atoms with Crippen LogP contribution in [0.4, 0.5) is 0 Å². The molecule has 0 unspecified atom stereocenters. The van der Waals surface area contributed by atoms with Crippen molar-refractivity contribution < 1.29 is 14.3 Å². The number of para-hydroxylation sites is 1. The number of nitrogens with zero attached hydrogens (tertiary/aromatic N) is 3. The minimum Gasteiger partial charge on any atom is -0.497 e. The Morgan fingerprint density at radius 2 is 1.90 bits per heavy atom. The molecule has 4 rings (SSSR count). The van der Waals surface area contributed by atoms with E-state index >= 15 is 0 Å². The number of hydrogen-bond donors (Lipinski definition) is 0. The first-order chi connectivity index (χ1) is 14.2. The molecule has 0 aliphatic carbocycles. The molecule has 2 aromatic heterocycles. The van der Waals surface area contributed by atoms with Crippen molar-refractivity contribution in [3.05, 3.63) is 83.6 Å². The molecule has 0 saturated heterocycles. The third kappa shape index (κ3) is 4.70. The predicted octanol–water partition coefficient (Wildman–Crippen LogP) is 4.29. The van der Waals surface area contributed by atoms with Crippen LogP contribution in [0.25, 0.3) is 16.3 Å². The number of ether oxygens (including phenoxy) is 2. The lowest BCUT2D eigenvalue weighted by Gasteiger charge is -2.02. The fourth-order valence-corrected chi connectivity index (χ4v) is 3.60. The van der Waals surface area contributed by atoms with Gasteiger partial charge >= 0.3 is 5.97 Å². The van der Waals surface area contributed by atoms with Crippen LogP contribution in [0.3, 0.4) is 0 Å². The van der Waals surface area contributed by atoms with E-state index in [9.17, 15) is 4.79 Å². The normalized spacial score (nSPS) is 10.7. The molecule has 0 bridgehead atoms. The number of esters is 1. The van der Waals surface area contributed by atoms with Crippen molar-refractivity contribution >= 4 is 17.3 Å². The Hall–Kier alpha value is -3.45. The summed E-state index contributed by atoms with van der Waals surface area (Å²) < 4.78 is 12.3.